The van der Waals surface area contributed by atoms with E-state index >= 15 is 0 Å². The van der Waals surface area contributed by atoms with Gasteiger partial charge >= 0.3 is 0 Å². The molecule has 0 atom stereocenters. The van der Waals surface area contributed by atoms with Crippen LogP contribution >= 0.6 is 11.6 Å². The maximum atomic E-state index is 13.4. The summed E-state index contributed by atoms with van der Waals surface area (Å²) in [5, 5.41) is 12.5. The zero-order valence-corrected chi connectivity index (χ0v) is 16.3. The Labute approximate surface area is 172 Å². The summed E-state index contributed by atoms with van der Waals surface area (Å²) in [6, 6.07) is 19.0. The van der Waals surface area contributed by atoms with Crippen molar-refractivity contribution >= 4 is 17.5 Å². The minimum atomic E-state index is -0.0478. The molecule has 1 N–H and O–H groups in total. The molecule has 0 bridgehead atoms. The fourth-order valence-corrected chi connectivity index (χ4v) is 3.74. The van der Waals surface area contributed by atoms with Crippen LogP contribution in [0, 0.1) is 0 Å². The van der Waals surface area contributed by atoms with E-state index < -0.39 is 0 Å². The van der Waals surface area contributed by atoms with E-state index in [4.69, 9.17) is 16.7 Å². The molecule has 1 aliphatic rings. The van der Waals surface area contributed by atoms with Crippen LogP contribution in [0.5, 0.6) is 0 Å². The van der Waals surface area contributed by atoms with Crippen LogP contribution in [0.3, 0.4) is 0 Å². The molecule has 1 amide bonds. The molecule has 0 fully saturated rings. The fourth-order valence-electron chi connectivity index (χ4n) is 3.62. The molecule has 0 saturated heterocycles. The highest BCUT2D eigenvalue weighted by Gasteiger charge is 2.26. The van der Waals surface area contributed by atoms with E-state index in [0.717, 1.165) is 34.6 Å². The van der Waals surface area contributed by atoms with Crippen LogP contribution in [0.2, 0.25) is 5.02 Å². The van der Waals surface area contributed by atoms with Gasteiger partial charge in [-0.15, -0.1) is 0 Å². The predicted molar refractivity (Wildman–Crippen MR) is 111 cm³/mol. The minimum absolute atomic E-state index is 0.0478. The lowest BCUT2D eigenvalue weighted by atomic mass is 10.1. The van der Waals surface area contributed by atoms with Crippen LogP contribution in [0.4, 0.5) is 0 Å². The largest absolute Gasteiger partial charge is 0.332 e. The number of carbonyl (C=O) groups excluding carboxylic acids is 1. The van der Waals surface area contributed by atoms with Gasteiger partial charge in [-0.05, 0) is 30.3 Å². The first-order chi connectivity index (χ1) is 14.2. The molecule has 4 aromatic rings. The number of aromatic nitrogens is 4. The highest BCUT2D eigenvalue weighted by molar-refractivity contribution is 6.30. The Morgan fingerprint density at radius 3 is 2.66 bits per heavy atom. The van der Waals surface area contributed by atoms with Gasteiger partial charge in [-0.25, -0.2) is 4.68 Å². The van der Waals surface area contributed by atoms with Crippen molar-refractivity contribution in [1.29, 1.82) is 0 Å². The summed E-state index contributed by atoms with van der Waals surface area (Å²) in [7, 11) is 0. The highest BCUT2D eigenvalue weighted by Crippen LogP contribution is 2.25. The number of rotatable bonds is 3. The van der Waals surface area contributed by atoms with Gasteiger partial charge in [0.15, 0.2) is 0 Å². The van der Waals surface area contributed by atoms with Crippen molar-refractivity contribution < 1.29 is 4.79 Å². The molecule has 0 radical (unpaired) electrons. The molecule has 2 aromatic heterocycles. The van der Waals surface area contributed by atoms with Gasteiger partial charge in [0.25, 0.3) is 5.91 Å². The third-order valence-electron chi connectivity index (χ3n) is 5.16. The van der Waals surface area contributed by atoms with Gasteiger partial charge in [0.2, 0.25) is 0 Å². The van der Waals surface area contributed by atoms with Gasteiger partial charge in [-0.2, -0.15) is 10.2 Å². The number of para-hydroxylation sites is 1. The molecule has 29 heavy (non-hydrogen) atoms. The number of carbonyl (C=O) groups is 1. The number of hydrogen-bond donors (Lipinski definition) is 1. The second-order valence-corrected chi connectivity index (χ2v) is 7.46. The Morgan fingerprint density at radius 1 is 1.07 bits per heavy atom. The molecule has 144 valence electrons. The number of amides is 1. The fraction of sp³-hybridized carbons (Fsp3) is 0.136. The van der Waals surface area contributed by atoms with E-state index in [1.807, 2.05) is 65.6 Å². The molecular formula is C22H18ClN5O. The van der Waals surface area contributed by atoms with E-state index in [2.05, 4.69) is 10.2 Å². The quantitative estimate of drug-likeness (QED) is 0.559. The van der Waals surface area contributed by atoms with E-state index in [9.17, 15) is 4.79 Å². The van der Waals surface area contributed by atoms with Crippen LogP contribution in [-0.4, -0.2) is 37.3 Å². The molecular weight excluding hydrogens is 386 g/mol. The zero-order valence-electron chi connectivity index (χ0n) is 15.5. The summed E-state index contributed by atoms with van der Waals surface area (Å²) in [5.41, 5.74) is 5.19. The normalized spacial score (nSPS) is 13.3. The Balaban J connectivity index is 1.55. The Bertz CT molecular complexity index is 1160. The van der Waals surface area contributed by atoms with Gasteiger partial charge in [0.1, 0.15) is 5.69 Å². The average molecular weight is 404 g/mol. The molecule has 1 aliphatic heterocycles. The molecule has 0 spiro atoms. The summed E-state index contributed by atoms with van der Waals surface area (Å²) in [5.74, 6) is -0.0478. The molecule has 5 rings (SSSR count). The van der Waals surface area contributed by atoms with E-state index in [1.165, 1.54) is 0 Å². The van der Waals surface area contributed by atoms with E-state index in [-0.39, 0.29) is 5.91 Å². The molecule has 0 saturated carbocycles. The first kappa shape index (κ1) is 17.7. The number of aromatic amines is 1. The van der Waals surface area contributed by atoms with Gasteiger partial charge in [0.05, 0.1) is 17.6 Å². The third kappa shape index (κ3) is 3.32. The van der Waals surface area contributed by atoms with Crippen molar-refractivity contribution in [2.24, 2.45) is 0 Å². The maximum Gasteiger partial charge on any atom is 0.272 e. The van der Waals surface area contributed by atoms with Crippen LogP contribution < -0.4 is 0 Å². The van der Waals surface area contributed by atoms with Crippen LogP contribution in [-0.2, 0) is 13.0 Å². The zero-order chi connectivity index (χ0) is 19.8. The number of hydrogen-bond acceptors (Lipinski definition) is 3. The van der Waals surface area contributed by atoms with Crippen molar-refractivity contribution in [2.75, 3.05) is 6.54 Å². The number of nitrogens with zero attached hydrogens (tertiary/aromatic N) is 4. The van der Waals surface area contributed by atoms with Gasteiger partial charge in [-0.3, -0.25) is 9.89 Å². The van der Waals surface area contributed by atoms with E-state index in [1.54, 1.807) is 10.9 Å². The molecule has 7 heteroatoms. The first-order valence-electron chi connectivity index (χ1n) is 9.41. The molecule has 2 aromatic carbocycles. The Morgan fingerprint density at radius 2 is 1.86 bits per heavy atom. The Hall–Kier alpha value is -3.38. The van der Waals surface area contributed by atoms with Gasteiger partial charge in [0, 0.05) is 41.4 Å². The monoisotopic (exact) mass is 403 g/mol. The van der Waals surface area contributed by atoms with Gasteiger partial charge in [-0.1, -0.05) is 41.9 Å². The first-order valence-corrected chi connectivity index (χ1v) is 9.78. The summed E-state index contributed by atoms with van der Waals surface area (Å²) < 4.78 is 1.72. The topological polar surface area (TPSA) is 66.8 Å². The maximum absolute atomic E-state index is 13.4. The summed E-state index contributed by atoms with van der Waals surface area (Å²) in [4.78, 5) is 15.3. The second kappa shape index (κ2) is 7.22. The van der Waals surface area contributed by atoms with Crippen molar-refractivity contribution in [3.8, 4) is 16.9 Å². The number of benzene rings is 2. The second-order valence-electron chi connectivity index (χ2n) is 7.02. The summed E-state index contributed by atoms with van der Waals surface area (Å²) in [6.45, 7) is 1.19. The number of nitrogens with one attached hydrogen (secondary N) is 1. The number of fused-ring (bicyclic) bond motifs is 1. The average Bonchev–Trinajstić information content (AvgIpc) is 3.41. The van der Waals surface area contributed by atoms with Crippen molar-refractivity contribution in [1.82, 2.24) is 24.9 Å². The summed E-state index contributed by atoms with van der Waals surface area (Å²) in [6.07, 6.45) is 2.56. The SMILES string of the molecule is O=C(c1cc(-c2ccc(Cl)cc2)nn1-c1ccccc1)N1CCc2[nH]ncc2C1. The lowest BCUT2D eigenvalue weighted by Gasteiger charge is -2.26. The van der Waals surface area contributed by atoms with Crippen LogP contribution in [0.15, 0.2) is 66.9 Å². The van der Waals surface area contributed by atoms with Crippen molar-refractivity contribution in [3.63, 3.8) is 0 Å². The number of H-pyrrole nitrogens is 1. The standard InChI is InChI=1S/C22H18ClN5O/c23-17-8-6-15(7-9-17)20-12-21(28(26-20)18-4-2-1-3-5-18)22(29)27-11-10-19-16(14-27)13-24-25-19/h1-9,12-13H,10-11,14H2,(H,24,25). The molecule has 6 nitrogen and oxygen atoms in total. The highest BCUT2D eigenvalue weighted by atomic mass is 35.5. The predicted octanol–water partition coefficient (Wildman–Crippen LogP) is 4.11. The van der Waals surface area contributed by atoms with E-state index in [0.29, 0.717) is 23.8 Å². The van der Waals surface area contributed by atoms with Crippen LogP contribution in [0.1, 0.15) is 21.7 Å². The summed E-state index contributed by atoms with van der Waals surface area (Å²) >= 11 is 6.02. The van der Waals surface area contributed by atoms with Crippen molar-refractivity contribution in [3.05, 3.63) is 88.8 Å². The van der Waals surface area contributed by atoms with Crippen molar-refractivity contribution in [2.45, 2.75) is 13.0 Å². The number of halogens is 1. The van der Waals surface area contributed by atoms with Gasteiger partial charge < -0.3 is 4.90 Å². The molecule has 3 heterocycles. The molecule has 0 aliphatic carbocycles. The van der Waals surface area contributed by atoms with Crippen LogP contribution in [0.25, 0.3) is 16.9 Å². The Kier molecular flexibility index (Phi) is 4.41. The lowest BCUT2D eigenvalue weighted by Crippen LogP contribution is -2.36. The third-order valence-corrected chi connectivity index (χ3v) is 5.41. The smallest absolute Gasteiger partial charge is 0.272 e. The lowest BCUT2D eigenvalue weighted by molar-refractivity contribution is 0.0725. The molecule has 0 unspecified atom stereocenters. The minimum Gasteiger partial charge on any atom is -0.332 e.